The van der Waals surface area contributed by atoms with Crippen molar-refractivity contribution in [2.24, 2.45) is 0 Å². The number of hydrogen-bond acceptors (Lipinski definition) is 5. The summed E-state index contributed by atoms with van der Waals surface area (Å²) >= 11 is 1.49. The first-order valence-corrected chi connectivity index (χ1v) is 6.35. The van der Waals surface area contributed by atoms with Crippen molar-refractivity contribution in [3.63, 3.8) is 0 Å². The summed E-state index contributed by atoms with van der Waals surface area (Å²) in [6.45, 7) is 1.94. The molecule has 96 valence electrons. The van der Waals surface area contributed by atoms with Gasteiger partial charge in [0.25, 0.3) is 0 Å². The summed E-state index contributed by atoms with van der Waals surface area (Å²) in [5.74, 6) is 1.48. The quantitative estimate of drug-likeness (QED) is 0.923. The predicted octanol–water partition coefficient (Wildman–Crippen LogP) is 2.63. The maximum atomic E-state index is 9.07. The largest absolute Gasteiger partial charge is 0.497 e. The number of aliphatic hydroxyl groups is 1. The van der Waals surface area contributed by atoms with Crippen LogP contribution in [0.3, 0.4) is 0 Å². The Labute approximate surface area is 110 Å². The zero-order valence-corrected chi connectivity index (χ0v) is 11.4. The van der Waals surface area contributed by atoms with Crippen LogP contribution >= 0.6 is 11.3 Å². The molecule has 2 aromatic rings. The summed E-state index contributed by atoms with van der Waals surface area (Å²) in [6, 6.07) is 3.78. The lowest BCUT2D eigenvalue weighted by Gasteiger charge is -2.11. The molecule has 5 heteroatoms. The molecule has 18 heavy (non-hydrogen) atoms. The predicted molar refractivity (Wildman–Crippen MR) is 71.3 cm³/mol. The van der Waals surface area contributed by atoms with Gasteiger partial charge in [-0.25, -0.2) is 4.98 Å². The molecule has 0 radical (unpaired) electrons. The van der Waals surface area contributed by atoms with Crippen molar-refractivity contribution in [1.29, 1.82) is 0 Å². The van der Waals surface area contributed by atoms with Crippen LogP contribution in [0.15, 0.2) is 17.5 Å². The summed E-state index contributed by atoms with van der Waals surface area (Å²) in [5.41, 5.74) is 2.65. The molecule has 1 aromatic heterocycles. The summed E-state index contributed by atoms with van der Waals surface area (Å²) in [7, 11) is 3.25. The van der Waals surface area contributed by atoms with E-state index < -0.39 is 0 Å². The first-order chi connectivity index (χ1) is 8.69. The van der Waals surface area contributed by atoms with Gasteiger partial charge in [0.05, 0.1) is 32.1 Å². The number of ether oxygens (including phenoxy) is 2. The topological polar surface area (TPSA) is 51.6 Å². The van der Waals surface area contributed by atoms with Crippen molar-refractivity contribution >= 4 is 11.3 Å². The number of thiazole rings is 1. The molecule has 0 bridgehead atoms. The third-order valence-corrected chi connectivity index (χ3v) is 3.56. The molecule has 0 unspecified atom stereocenters. The van der Waals surface area contributed by atoms with Gasteiger partial charge >= 0.3 is 0 Å². The molecule has 0 fully saturated rings. The van der Waals surface area contributed by atoms with Crippen LogP contribution in [0.1, 0.15) is 11.3 Å². The monoisotopic (exact) mass is 265 g/mol. The van der Waals surface area contributed by atoms with Crippen LogP contribution in [0.4, 0.5) is 0 Å². The van der Waals surface area contributed by atoms with E-state index in [0.29, 0.717) is 5.69 Å². The van der Waals surface area contributed by atoms with Gasteiger partial charge in [-0.15, -0.1) is 11.3 Å². The van der Waals surface area contributed by atoms with E-state index in [1.807, 2.05) is 24.4 Å². The Hall–Kier alpha value is -1.59. The van der Waals surface area contributed by atoms with E-state index in [9.17, 15) is 0 Å². The summed E-state index contributed by atoms with van der Waals surface area (Å²) in [5, 5.41) is 11.8. The third kappa shape index (κ3) is 2.32. The highest BCUT2D eigenvalue weighted by atomic mass is 32.1. The van der Waals surface area contributed by atoms with Crippen molar-refractivity contribution < 1.29 is 14.6 Å². The fourth-order valence-corrected chi connectivity index (χ4v) is 2.69. The molecule has 0 saturated carbocycles. The molecule has 0 atom stereocenters. The molecular formula is C13H15NO3S. The fraction of sp³-hybridized carbons (Fsp3) is 0.308. The van der Waals surface area contributed by atoms with E-state index in [2.05, 4.69) is 4.98 Å². The Morgan fingerprint density at radius 2 is 2.06 bits per heavy atom. The van der Waals surface area contributed by atoms with E-state index in [0.717, 1.165) is 27.6 Å². The van der Waals surface area contributed by atoms with Crippen LogP contribution in [0.25, 0.3) is 10.6 Å². The fourth-order valence-electron chi connectivity index (χ4n) is 1.77. The van der Waals surface area contributed by atoms with E-state index in [4.69, 9.17) is 14.6 Å². The van der Waals surface area contributed by atoms with Crippen LogP contribution in [-0.2, 0) is 6.61 Å². The smallest absolute Gasteiger partial charge is 0.133 e. The van der Waals surface area contributed by atoms with Gasteiger partial charge in [-0.3, -0.25) is 0 Å². The highest BCUT2D eigenvalue weighted by Gasteiger charge is 2.14. The first kappa shape index (κ1) is 12.9. The lowest BCUT2D eigenvalue weighted by atomic mass is 10.1. The van der Waals surface area contributed by atoms with Gasteiger partial charge < -0.3 is 14.6 Å². The Bertz CT molecular complexity index is 551. The lowest BCUT2D eigenvalue weighted by Crippen LogP contribution is -1.94. The summed E-state index contributed by atoms with van der Waals surface area (Å²) in [6.07, 6.45) is 0. The average molecular weight is 265 g/mol. The number of aromatic nitrogens is 1. The van der Waals surface area contributed by atoms with E-state index in [-0.39, 0.29) is 6.61 Å². The Morgan fingerprint density at radius 3 is 2.61 bits per heavy atom. The van der Waals surface area contributed by atoms with Crippen molar-refractivity contribution in [2.75, 3.05) is 14.2 Å². The molecule has 2 rings (SSSR count). The van der Waals surface area contributed by atoms with Crippen LogP contribution in [-0.4, -0.2) is 24.3 Å². The van der Waals surface area contributed by atoms with Crippen molar-refractivity contribution in [3.05, 3.63) is 28.8 Å². The lowest BCUT2D eigenvalue weighted by molar-refractivity contribution is 0.278. The SMILES string of the molecule is COc1cc(C)c(-c2nc(CO)cs2)c(OC)c1. The van der Waals surface area contributed by atoms with E-state index >= 15 is 0 Å². The Morgan fingerprint density at radius 1 is 1.28 bits per heavy atom. The van der Waals surface area contributed by atoms with Gasteiger partial charge in [0.1, 0.15) is 16.5 Å². The highest BCUT2D eigenvalue weighted by molar-refractivity contribution is 7.13. The molecule has 0 aliphatic heterocycles. The Kier molecular flexibility index (Phi) is 3.84. The molecule has 0 amide bonds. The number of hydrogen-bond donors (Lipinski definition) is 1. The van der Waals surface area contributed by atoms with Gasteiger partial charge in [0.2, 0.25) is 0 Å². The zero-order chi connectivity index (χ0) is 13.1. The summed E-state index contributed by atoms with van der Waals surface area (Å²) < 4.78 is 10.6. The molecule has 4 nitrogen and oxygen atoms in total. The minimum absolute atomic E-state index is 0.0476. The highest BCUT2D eigenvalue weighted by Crippen LogP contribution is 2.38. The van der Waals surface area contributed by atoms with Gasteiger partial charge in [0, 0.05) is 11.4 Å². The van der Waals surface area contributed by atoms with E-state index in [1.54, 1.807) is 14.2 Å². The maximum absolute atomic E-state index is 9.07. The van der Waals surface area contributed by atoms with Gasteiger partial charge in [-0.2, -0.15) is 0 Å². The summed E-state index contributed by atoms with van der Waals surface area (Å²) in [4.78, 5) is 4.37. The molecule has 0 saturated heterocycles. The first-order valence-electron chi connectivity index (χ1n) is 5.47. The second-order valence-electron chi connectivity index (χ2n) is 3.82. The van der Waals surface area contributed by atoms with Crippen molar-refractivity contribution in [2.45, 2.75) is 13.5 Å². The normalized spacial score (nSPS) is 10.4. The second-order valence-corrected chi connectivity index (χ2v) is 4.68. The van der Waals surface area contributed by atoms with Crippen molar-refractivity contribution in [1.82, 2.24) is 4.98 Å². The number of nitrogens with zero attached hydrogens (tertiary/aromatic N) is 1. The number of benzene rings is 1. The van der Waals surface area contributed by atoms with Crippen LogP contribution in [0, 0.1) is 6.92 Å². The molecule has 1 aromatic carbocycles. The van der Waals surface area contributed by atoms with Crippen molar-refractivity contribution in [3.8, 4) is 22.1 Å². The third-order valence-electron chi connectivity index (χ3n) is 2.66. The maximum Gasteiger partial charge on any atom is 0.133 e. The molecule has 1 heterocycles. The second kappa shape index (κ2) is 5.37. The Balaban J connectivity index is 2.55. The molecule has 1 N–H and O–H groups in total. The van der Waals surface area contributed by atoms with E-state index in [1.165, 1.54) is 11.3 Å². The van der Waals surface area contributed by atoms with Gasteiger partial charge in [0.15, 0.2) is 0 Å². The molecule has 0 spiro atoms. The average Bonchev–Trinajstić information content (AvgIpc) is 2.85. The minimum Gasteiger partial charge on any atom is -0.497 e. The standard InChI is InChI=1S/C13H15NO3S/c1-8-4-10(16-2)5-11(17-3)12(8)13-14-9(6-15)7-18-13/h4-5,7,15H,6H2,1-3H3. The van der Waals surface area contributed by atoms with Gasteiger partial charge in [-0.05, 0) is 18.6 Å². The molecular weight excluding hydrogens is 250 g/mol. The van der Waals surface area contributed by atoms with Gasteiger partial charge in [-0.1, -0.05) is 0 Å². The number of aliphatic hydroxyl groups excluding tert-OH is 1. The molecule has 0 aliphatic carbocycles. The number of methoxy groups -OCH3 is 2. The van der Waals surface area contributed by atoms with Crippen LogP contribution in [0.5, 0.6) is 11.5 Å². The minimum atomic E-state index is -0.0476. The number of rotatable bonds is 4. The van der Waals surface area contributed by atoms with Crippen LogP contribution in [0.2, 0.25) is 0 Å². The zero-order valence-electron chi connectivity index (χ0n) is 10.6. The van der Waals surface area contributed by atoms with Crippen LogP contribution < -0.4 is 9.47 Å². The molecule has 0 aliphatic rings. The number of aryl methyl sites for hydroxylation is 1.